The number of ether oxygens (including phenoxy) is 2. The van der Waals surface area contributed by atoms with E-state index in [9.17, 15) is 5.11 Å². The molecule has 1 aromatic heterocycles. The summed E-state index contributed by atoms with van der Waals surface area (Å²) in [5.74, 6) is 1.40. The summed E-state index contributed by atoms with van der Waals surface area (Å²) in [4.78, 5) is 4.16. The highest BCUT2D eigenvalue weighted by atomic mass is 32.1. The molecule has 0 amide bonds. The van der Waals surface area contributed by atoms with Gasteiger partial charge in [0.1, 0.15) is 23.1 Å². The Morgan fingerprint density at radius 1 is 1.32 bits per heavy atom. The lowest BCUT2D eigenvalue weighted by Gasteiger charge is -2.11. The molecule has 19 heavy (non-hydrogen) atoms. The predicted octanol–water partition coefficient (Wildman–Crippen LogP) is 3.00. The summed E-state index contributed by atoms with van der Waals surface area (Å²) in [5.41, 5.74) is 0.750. The summed E-state index contributed by atoms with van der Waals surface area (Å²) >= 11 is 1.54. The van der Waals surface area contributed by atoms with Crippen LogP contribution < -0.4 is 9.47 Å². The van der Waals surface area contributed by atoms with E-state index in [1.807, 2.05) is 23.6 Å². The molecular formula is C14H17NO3S. The first-order valence-electron chi connectivity index (χ1n) is 6.21. The van der Waals surface area contributed by atoms with Gasteiger partial charge in [0, 0.05) is 23.2 Å². The van der Waals surface area contributed by atoms with Crippen molar-refractivity contribution in [2.75, 3.05) is 6.61 Å². The van der Waals surface area contributed by atoms with E-state index in [0.29, 0.717) is 19.0 Å². The fourth-order valence-corrected chi connectivity index (χ4v) is 2.10. The average molecular weight is 279 g/mol. The monoisotopic (exact) mass is 279 g/mol. The van der Waals surface area contributed by atoms with Gasteiger partial charge in [-0.25, -0.2) is 4.98 Å². The third-order valence-electron chi connectivity index (χ3n) is 2.52. The molecule has 0 aliphatic rings. The van der Waals surface area contributed by atoms with Crippen LogP contribution in [0.4, 0.5) is 0 Å². The topological polar surface area (TPSA) is 51.6 Å². The molecule has 1 N–H and O–H groups in total. The number of aromatic nitrogens is 1. The number of hydrogen-bond acceptors (Lipinski definition) is 5. The van der Waals surface area contributed by atoms with Gasteiger partial charge in [0.15, 0.2) is 0 Å². The number of thiazole rings is 1. The first-order chi connectivity index (χ1) is 9.33. The standard InChI is InChI=1S/C14H17NO3S/c1-2-6-17-12-4-3-11(9-16)13(8-12)18-10-14-15-5-7-19-14/h3-5,7-8,16H,2,6,9-10H2,1H3. The van der Waals surface area contributed by atoms with E-state index in [0.717, 1.165) is 22.7 Å². The summed E-state index contributed by atoms with van der Waals surface area (Å²) in [6.45, 7) is 3.08. The largest absolute Gasteiger partial charge is 0.493 e. The van der Waals surface area contributed by atoms with E-state index < -0.39 is 0 Å². The molecule has 102 valence electrons. The minimum atomic E-state index is -0.0543. The van der Waals surface area contributed by atoms with Crippen LogP contribution in [-0.2, 0) is 13.2 Å². The first-order valence-corrected chi connectivity index (χ1v) is 7.09. The van der Waals surface area contributed by atoms with Gasteiger partial charge in [-0.1, -0.05) is 6.92 Å². The molecule has 2 rings (SSSR count). The second kappa shape index (κ2) is 7.11. The fourth-order valence-electron chi connectivity index (χ4n) is 1.57. The van der Waals surface area contributed by atoms with Crippen LogP contribution in [-0.4, -0.2) is 16.7 Å². The molecule has 0 unspecified atom stereocenters. The summed E-state index contributed by atoms with van der Waals surface area (Å²) < 4.78 is 11.3. The maximum atomic E-state index is 9.31. The van der Waals surface area contributed by atoms with Gasteiger partial charge in [0.25, 0.3) is 0 Å². The Balaban J connectivity index is 2.07. The van der Waals surface area contributed by atoms with Crippen molar-refractivity contribution in [3.63, 3.8) is 0 Å². The van der Waals surface area contributed by atoms with Crippen LogP contribution in [0.15, 0.2) is 29.8 Å². The number of aliphatic hydroxyl groups is 1. The second-order valence-electron chi connectivity index (χ2n) is 3.99. The van der Waals surface area contributed by atoms with Crippen LogP contribution in [0, 0.1) is 0 Å². The van der Waals surface area contributed by atoms with Gasteiger partial charge in [-0.05, 0) is 18.6 Å². The van der Waals surface area contributed by atoms with Crippen molar-refractivity contribution in [1.82, 2.24) is 4.98 Å². The van der Waals surface area contributed by atoms with Gasteiger partial charge in [-0.15, -0.1) is 11.3 Å². The Labute approximate surface area is 116 Å². The van der Waals surface area contributed by atoms with Crippen molar-refractivity contribution in [3.8, 4) is 11.5 Å². The number of hydrogen-bond donors (Lipinski definition) is 1. The Bertz CT molecular complexity index is 499. The predicted molar refractivity (Wildman–Crippen MR) is 74.6 cm³/mol. The molecule has 0 saturated heterocycles. The minimum Gasteiger partial charge on any atom is -0.493 e. The SMILES string of the molecule is CCCOc1ccc(CO)c(OCc2nccs2)c1. The van der Waals surface area contributed by atoms with Crippen molar-refractivity contribution in [1.29, 1.82) is 0 Å². The maximum absolute atomic E-state index is 9.31. The second-order valence-corrected chi connectivity index (χ2v) is 4.97. The van der Waals surface area contributed by atoms with Crippen molar-refractivity contribution in [2.24, 2.45) is 0 Å². The van der Waals surface area contributed by atoms with E-state index in [1.165, 1.54) is 0 Å². The summed E-state index contributed by atoms with van der Waals surface area (Å²) in [5, 5.41) is 12.1. The maximum Gasteiger partial charge on any atom is 0.140 e. The van der Waals surface area contributed by atoms with Crippen LogP contribution in [0.25, 0.3) is 0 Å². The Kier molecular flexibility index (Phi) is 5.18. The number of rotatable bonds is 7. The Hall–Kier alpha value is -1.59. The van der Waals surface area contributed by atoms with Crippen LogP contribution >= 0.6 is 11.3 Å². The van der Waals surface area contributed by atoms with E-state index in [-0.39, 0.29) is 6.61 Å². The molecule has 0 aliphatic heterocycles. The molecule has 0 saturated carbocycles. The lowest BCUT2D eigenvalue weighted by atomic mass is 10.2. The van der Waals surface area contributed by atoms with Crippen LogP contribution in [0.2, 0.25) is 0 Å². The molecule has 4 nitrogen and oxygen atoms in total. The fraction of sp³-hybridized carbons (Fsp3) is 0.357. The van der Waals surface area contributed by atoms with Crippen molar-refractivity contribution < 1.29 is 14.6 Å². The lowest BCUT2D eigenvalue weighted by Crippen LogP contribution is -2.00. The molecule has 1 aromatic carbocycles. The highest BCUT2D eigenvalue weighted by molar-refractivity contribution is 7.09. The van der Waals surface area contributed by atoms with Gasteiger partial charge in [-0.3, -0.25) is 0 Å². The quantitative estimate of drug-likeness (QED) is 0.846. The van der Waals surface area contributed by atoms with Crippen molar-refractivity contribution >= 4 is 11.3 Å². The minimum absolute atomic E-state index is 0.0543. The van der Waals surface area contributed by atoms with E-state index in [4.69, 9.17) is 9.47 Å². The van der Waals surface area contributed by atoms with Crippen LogP contribution in [0.1, 0.15) is 23.9 Å². The first kappa shape index (κ1) is 13.8. The van der Waals surface area contributed by atoms with E-state index in [1.54, 1.807) is 17.5 Å². The Morgan fingerprint density at radius 2 is 2.21 bits per heavy atom. The molecule has 0 fully saturated rings. The molecule has 0 aliphatic carbocycles. The molecular weight excluding hydrogens is 262 g/mol. The highest BCUT2D eigenvalue weighted by Crippen LogP contribution is 2.26. The van der Waals surface area contributed by atoms with Gasteiger partial charge < -0.3 is 14.6 Å². The van der Waals surface area contributed by atoms with Gasteiger partial charge in [0.2, 0.25) is 0 Å². The smallest absolute Gasteiger partial charge is 0.140 e. The molecule has 0 radical (unpaired) electrons. The lowest BCUT2D eigenvalue weighted by molar-refractivity contribution is 0.256. The Morgan fingerprint density at radius 3 is 2.89 bits per heavy atom. The molecule has 0 atom stereocenters. The zero-order valence-corrected chi connectivity index (χ0v) is 11.7. The molecule has 2 aromatic rings. The summed E-state index contributed by atoms with van der Waals surface area (Å²) in [7, 11) is 0. The van der Waals surface area contributed by atoms with Crippen molar-refractivity contribution in [2.45, 2.75) is 26.6 Å². The van der Waals surface area contributed by atoms with Crippen LogP contribution in [0.5, 0.6) is 11.5 Å². The summed E-state index contributed by atoms with van der Waals surface area (Å²) in [6.07, 6.45) is 2.70. The third kappa shape index (κ3) is 3.94. The van der Waals surface area contributed by atoms with Gasteiger partial charge >= 0.3 is 0 Å². The van der Waals surface area contributed by atoms with E-state index >= 15 is 0 Å². The van der Waals surface area contributed by atoms with E-state index in [2.05, 4.69) is 11.9 Å². The zero-order valence-electron chi connectivity index (χ0n) is 10.8. The van der Waals surface area contributed by atoms with Gasteiger partial charge in [0.05, 0.1) is 13.2 Å². The molecule has 5 heteroatoms. The van der Waals surface area contributed by atoms with Crippen molar-refractivity contribution in [3.05, 3.63) is 40.3 Å². The zero-order chi connectivity index (χ0) is 13.5. The molecule has 0 bridgehead atoms. The number of aliphatic hydroxyl groups excluding tert-OH is 1. The summed E-state index contributed by atoms with van der Waals surface area (Å²) in [6, 6.07) is 5.48. The average Bonchev–Trinajstić information content (AvgIpc) is 2.96. The number of benzene rings is 1. The number of nitrogens with zero attached hydrogens (tertiary/aromatic N) is 1. The normalized spacial score (nSPS) is 10.4. The van der Waals surface area contributed by atoms with Crippen LogP contribution in [0.3, 0.4) is 0 Å². The van der Waals surface area contributed by atoms with Gasteiger partial charge in [-0.2, -0.15) is 0 Å². The molecule has 0 spiro atoms. The highest BCUT2D eigenvalue weighted by Gasteiger charge is 2.06. The third-order valence-corrected chi connectivity index (χ3v) is 3.27. The molecule has 1 heterocycles.